The van der Waals surface area contributed by atoms with Crippen molar-refractivity contribution in [3.63, 3.8) is 0 Å². The van der Waals surface area contributed by atoms with Crippen LogP contribution in [0.5, 0.6) is 5.88 Å². The molecule has 0 fully saturated rings. The van der Waals surface area contributed by atoms with Crippen molar-refractivity contribution in [3.05, 3.63) is 88.7 Å². The van der Waals surface area contributed by atoms with Crippen molar-refractivity contribution in [1.29, 1.82) is 0 Å². The lowest BCUT2D eigenvalue weighted by Gasteiger charge is -2.25. The van der Waals surface area contributed by atoms with Gasteiger partial charge in [0.2, 0.25) is 17.7 Å². The number of anilines is 1. The molecule has 0 saturated heterocycles. The Morgan fingerprint density at radius 1 is 1.05 bits per heavy atom. The lowest BCUT2D eigenvalue weighted by Crippen LogP contribution is -2.49. The molecule has 0 spiro atoms. The zero-order valence-corrected chi connectivity index (χ0v) is 23.2. The van der Waals surface area contributed by atoms with E-state index in [0.29, 0.717) is 24.5 Å². The van der Waals surface area contributed by atoms with E-state index >= 15 is 0 Å². The van der Waals surface area contributed by atoms with Crippen LogP contribution in [0.4, 0.5) is 5.69 Å². The maximum atomic E-state index is 13.7. The summed E-state index contributed by atoms with van der Waals surface area (Å²) in [4.78, 5) is 32.9. The highest BCUT2D eigenvalue weighted by Crippen LogP contribution is 2.31. The zero-order valence-electron chi connectivity index (χ0n) is 23.2. The Hall–Kier alpha value is -4.17. The van der Waals surface area contributed by atoms with Crippen molar-refractivity contribution >= 4 is 28.4 Å². The average molecular weight is 529 g/mol. The number of hydrogen-bond acceptors (Lipinski definition) is 5. The van der Waals surface area contributed by atoms with Crippen LogP contribution in [-0.2, 0) is 29.0 Å². The second-order valence-corrected chi connectivity index (χ2v) is 9.80. The fraction of sp³-hybridized carbons (Fsp3) is 0.323. The third-order valence-corrected chi connectivity index (χ3v) is 7.23. The van der Waals surface area contributed by atoms with Gasteiger partial charge in [-0.2, -0.15) is 0 Å². The van der Waals surface area contributed by atoms with Crippen LogP contribution in [0.15, 0.2) is 60.8 Å². The molecule has 204 valence electrons. The molecule has 4 aromatic rings. The predicted molar refractivity (Wildman–Crippen MR) is 153 cm³/mol. The Morgan fingerprint density at radius 2 is 1.77 bits per heavy atom. The molecule has 2 aromatic heterocycles. The largest absolute Gasteiger partial charge is 0.481 e. The van der Waals surface area contributed by atoms with Gasteiger partial charge in [-0.3, -0.25) is 9.59 Å². The molecular weight excluding hydrogens is 492 g/mol. The standard InChI is InChI=1S/C31H36N4O4/c1-20-11-12-21(2)30-29(20)25(22(3)35(30)15-16-36)18-27(37)33-26(17-23-9-7-6-8-10-23)31(38)34(4)24-13-14-28(39-5)32-19-24/h6-14,19,26,36H,15-18H2,1-5H3,(H,33,37)/t26-/m0/s1. The minimum atomic E-state index is -0.777. The van der Waals surface area contributed by atoms with E-state index in [9.17, 15) is 14.7 Å². The summed E-state index contributed by atoms with van der Waals surface area (Å²) >= 11 is 0. The van der Waals surface area contributed by atoms with Crippen molar-refractivity contribution in [2.24, 2.45) is 0 Å². The molecule has 4 rings (SSSR count). The molecule has 0 unspecified atom stereocenters. The number of aromatic nitrogens is 2. The quantitative estimate of drug-likeness (QED) is 0.326. The van der Waals surface area contributed by atoms with Crippen LogP contribution in [0.25, 0.3) is 10.9 Å². The number of aryl methyl sites for hydroxylation is 2. The number of rotatable bonds is 10. The van der Waals surface area contributed by atoms with Gasteiger partial charge in [0.1, 0.15) is 6.04 Å². The lowest BCUT2D eigenvalue weighted by molar-refractivity contribution is -0.127. The summed E-state index contributed by atoms with van der Waals surface area (Å²) in [5.41, 5.74) is 6.59. The predicted octanol–water partition coefficient (Wildman–Crippen LogP) is 3.90. The Labute approximate surface area is 229 Å². The second-order valence-electron chi connectivity index (χ2n) is 9.80. The molecule has 2 amide bonds. The van der Waals surface area contributed by atoms with Crippen molar-refractivity contribution in [1.82, 2.24) is 14.9 Å². The van der Waals surface area contributed by atoms with Gasteiger partial charge in [0.15, 0.2) is 0 Å². The fourth-order valence-electron chi connectivity index (χ4n) is 5.14. The topological polar surface area (TPSA) is 96.7 Å². The number of methoxy groups -OCH3 is 1. The van der Waals surface area contributed by atoms with E-state index in [4.69, 9.17) is 4.74 Å². The van der Waals surface area contributed by atoms with Gasteiger partial charge in [-0.05, 0) is 49.1 Å². The number of benzene rings is 2. The van der Waals surface area contributed by atoms with Crippen LogP contribution in [0, 0.1) is 20.8 Å². The molecule has 0 radical (unpaired) electrons. The number of amides is 2. The zero-order chi connectivity index (χ0) is 28.1. The minimum Gasteiger partial charge on any atom is -0.481 e. The van der Waals surface area contributed by atoms with Crippen LogP contribution in [0.1, 0.15) is 27.9 Å². The number of aliphatic hydroxyl groups excluding tert-OH is 1. The first-order valence-electron chi connectivity index (χ1n) is 13.0. The van der Waals surface area contributed by atoms with Crippen LogP contribution in [-0.4, -0.2) is 53.3 Å². The Bertz CT molecular complexity index is 1460. The summed E-state index contributed by atoms with van der Waals surface area (Å²) in [5.74, 6) is -0.0294. The highest BCUT2D eigenvalue weighted by molar-refractivity contribution is 6.00. The molecule has 8 nitrogen and oxygen atoms in total. The van der Waals surface area contributed by atoms with Crippen LogP contribution < -0.4 is 15.0 Å². The monoisotopic (exact) mass is 528 g/mol. The highest BCUT2D eigenvalue weighted by atomic mass is 16.5. The van der Waals surface area contributed by atoms with E-state index in [-0.39, 0.29) is 24.8 Å². The van der Waals surface area contributed by atoms with E-state index in [0.717, 1.165) is 38.9 Å². The summed E-state index contributed by atoms with van der Waals surface area (Å²) in [6, 6.07) is 16.4. The fourth-order valence-corrected chi connectivity index (χ4v) is 5.14. The normalized spacial score (nSPS) is 11.8. The minimum absolute atomic E-state index is 0.00381. The summed E-state index contributed by atoms with van der Waals surface area (Å²) in [5, 5.41) is 13.7. The number of fused-ring (bicyclic) bond motifs is 1. The first-order valence-corrected chi connectivity index (χ1v) is 13.0. The third kappa shape index (κ3) is 5.96. The number of aliphatic hydroxyl groups is 1. The first-order chi connectivity index (χ1) is 18.7. The van der Waals surface area contributed by atoms with Gasteiger partial charge >= 0.3 is 0 Å². The molecule has 1 atom stereocenters. The van der Waals surface area contributed by atoms with E-state index in [1.54, 1.807) is 25.4 Å². The molecule has 2 aromatic carbocycles. The molecule has 8 heteroatoms. The Morgan fingerprint density at radius 3 is 2.41 bits per heavy atom. The van der Waals surface area contributed by atoms with Gasteiger partial charge in [0.25, 0.3) is 0 Å². The number of hydrogen-bond donors (Lipinski definition) is 2. The van der Waals surface area contributed by atoms with Crippen molar-refractivity contribution in [2.75, 3.05) is 25.7 Å². The summed E-state index contributed by atoms with van der Waals surface area (Å²) in [6.07, 6.45) is 2.04. The van der Waals surface area contributed by atoms with Crippen molar-refractivity contribution < 1.29 is 19.4 Å². The average Bonchev–Trinajstić information content (AvgIpc) is 3.22. The van der Waals surface area contributed by atoms with Gasteiger partial charge in [-0.1, -0.05) is 42.5 Å². The van der Waals surface area contributed by atoms with Crippen LogP contribution >= 0.6 is 0 Å². The second kappa shape index (κ2) is 12.1. The van der Waals surface area contributed by atoms with Gasteiger partial charge < -0.3 is 24.6 Å². The molecule has 0 aliphatic heterocycles. The SMILES string of the molecule is COc1ccc(N(C)C(=O)[C@H](Cc2ccccc2)NC(=O)Cc2c(C)n(CCO)c3c(C)ccc(C)c23)cn1. The molecular formula is C31H36N4O4. The number of carbonyl (C=O) groups is 2. The van der Waals surface area contributed by atoms with Gasteiger partial charge in [-0.15, -0.1) is 0 Å². The summed E-state index contributed by atoms with van der Waals surface area (Å²) in [6.45, 7) is 6.50. The van der Waals surface area contributed by atoms with E-state index in [2.05, 4.69) is 27.0 Å². The number of pyridine rings is 1. The van der Waals surface area contributed by atoms with Crippen LogP contribution in [0.3, 0.4) is 0 Å². The van der Waals surface area contributed by atoms with Crippen LogP contribution in [0.2, 0.25) is 0 Å². The molecule has 0 aliphatic carbocycles. The molecule has 0 saturated carbocycles. The number of carbonyl (C=O) groups excluding carboxylic acids is 2. The Kier molecular flexibility index (Phi) is 8.66. The number of nitrogens with zero attached hydrogens (tertiary/aromatic N) is 3. The summed E-state index contributed by atoms with van der Waals surface area (Å²) < 4.78 is 7.21. The molecule has 2 heterocycles. The molecule has 39 heavy (non-hydrogen) atoms. The maximum Gasteiger partial charge on any atom is 0.249 e. The van der Waals surface area contributed by atoms with Gasteiger partial charge in [0, 0.05) is 37.2 Å². The Balaban J connectivity index is 1.63. The number of ether oxygens (including phenoxy) is 1. The third-order valence-electron chi connectivity index (χ3n) is 7.23. The van der Waals surface area contributed by atoms with Crippen molar-refractivity contribution in [3.8, 4) is 5.88 Å². The first kappa shape index (κ1) is 27.9. The van der Waals surface area contributed by atoms with E-state index < -0.39 is 6.04 Å². The lowest BCUT2D eigenvalue weighted by atomic mass is 10.00. The van der Waals surface area contributed by atoms with E-state index in [1.807, 2.05) is 51.1 Å². The molecule has 0 aliphatic rings. The summed E-state index contributed by atoms with van der Waals surface area (Å²) in [7, 11) is 3.21. The van der Waals surface area contributed by atoms with Crippen molar-refractivity contribution in [2.45, 2.75) is 46.2 Å². The smallest absolute Gasteiger partial charge is 0.249 e. The van der Waals surface area contributed by atoms with E-state index in [1.165, 1.54) is 12.0 Å². The molecule has 0 bridgehead atoms. The number of nitrogens with one attached hydrogen (secondary N) is 1. The maximum absolute atomic E-state index is 13.7. The highest BCUT2D eigenvalue weighted by Gasteiger charge is 2.27. The van der Waals surface area contributed by atoms with Gasteiger partial charge in [0.05, 0.1) is 37.5 Å². The van der Waals surface area contributed by atoms with Gasteiger partial charge in [-0.25, -0.2) is 4.98 Å². The molecule has 2 N–H and O–H groups in total. The number of likely N-dealkylation sites (N-methyl/N-ethyl adjacent to an activating group) is 1.